The average molecular weight is 388 g/mol. The van der Waals surface area contributed by atoms with E-state index >= 15 is 0 Å². The summed E-state index contributed by atoms with van der Waals surface area (Å²) in [5.41, 5.74) is 2.72. The van der Waals surface area contributed by atoms with Crippen LogP contribution in [0.2, 0.25) is 0 Å². The number of methoxy groups -OCH3 is 1. The standard InChI is InChI=1S/C22H20N4O3/c1-29-18-12-10-17(11-13-18)22(28)26-20-5-3-2-4-19(20)25-21(27)16-8-6-15(7-9-16)14-24-23/h2-14H,23H2,1H3,(H,25,27)(H,26,28). The molecule has 0 heterocycles. The number of hydrogen-bond donors (Lipinski definition) is 3. The minimum absolute atomic E-state index is 0.292. The number of rotatable bonds is 6. The molecule has 146 valence electrons. The molecule has 4 N–H and O–H groups in total. The van der Waals surface area contributed by atoms with E-state index in [1.165, 1.54) is 6.21 Å². The summed E-state index contributed by atoms with van der Waals surface area (Å²) in [6.07, 6.45) is 1.49. The minimum Gasteiger partial charge on any atom is -0.497 e. The molecule has 0 aliphatic heterocycles. The van der Waals surface area contributed by atoms with Crippen LogP contribution in [0.5, 0.6) is 5.75 Å². The molecule has 7 nitrogen and oxygen atoms in total. The molecule has 0 fully saturated rings. The van der Waals surface area contributed by atoms with Gasteiger partial charge in [-0.15, -0.1) is 0 Å². The topological polar surface area (TPSA) is 106 Å². The van der Waals surface area contributed by atoms with Gasteiger partial charge in [0.15, 0.2) is 0 Å². The van der Waals surface area contributed by atoms with Crippen LogP contribution in [0, 0.1) is 0 Å². The van der Waals surface area contributed by atoms with Gasteiger partial charge < -0.3 is 21.2 Å². The number of anilines is 2. The molecule has 0 aromatic heterocycles. The maximum Gasteiger partial charge on any atom is 0.255 e. The molecular weight excluding hydrogens is 368 g/mol. The Bertz CT molecular complexity index is 1030. The fourth-order valence-corrected chi connectivity index (χ4v) is 2.64. The van der Waals surface area contributed by atoms with E-state index < -0.39 is 0 Å². The predicted molar refractivity (Wildman–Crippen MR) is 114 cm³/mol. The summed E-state index contributed by atoms with van der Waals surface area (Å²) in [5, 5.41) is 9.09. The molecule has 0 saturated heterocycles. The molecule has 3 rings (SSSR count). The molecule has 0 saturated carbocycles. The molecule has 0 atom stereocenters. The second-order valence-electron chi connectivity index (χ2n) is 6.08. The largest absolute Gasteiger partial charge is 0.497 e. The summed E-state index contributed by atoms with van der Waals surface area (Å²) in [6.45, 7) is 0. The SMILES string of the molecule is COc1ccc(C(=O)Nc2ccccc2NC(=O)c2ccc(C=NN)cc2)cc1. The molecule has 7 heteroatoms. The summed E-state index contributed by atoms with van der Waals surface area (Å²) in [6, 6.07) is 20.6. The van der Waals surface area contributed by atoms with E-state index in [9.17, 15) is 9.59 Å². The number of carbonyl (C=O) groups excluding carboxylic acids is 2. The number of nitrogens with one attached hydrogen (secondary N) is 2. The summed E-state index contributed by atoms with van der Waals surface area (Å²) < 4.78 is 5.10. The van der Waals surface area contributed by atoms with Crippen molar-refractivity contribution in [3.05, 3.63) is 89.5 Å². The molecule has 0 bridgehead atoms. The number of amides is 2. The van der Waals surface area contributed by atoms with E-state index in [0.29, 0.717) is 28.3 Å². The van der Waals surface area contributed by atoms with Crippen LogP contribution < -0.4 is 21.2 Å². The number of carbonyl (C=O) groups is 2. The van der Waals surface area contributed by atoms with E-state index in [0.717, 1.165) is 5.56 Å². The lowest BCUT2D eigenvalue weighted by Crippen LogP contribution is -2.16. The molecule has 29 heavy (non-hydrogen) atoms. The Hall–Kier alpha value is -4.13. The van der Waals surface area contributed by atoms with E-state index in [4.69, 9.17) is 10.6 Å². The molecule has 3 aromatic carbocycles. The smallest absolute Gasteiger partial charge is 0.255 e. The Morgan fingerprint density at radius 2 is 1.31 bits per heavy atom. The maximum atomic E-state index is 12.6. The van der Waals surface area contributed by atoms with Crippen molar-refractivity contribution in [2.45, 2.75) is 0 Å². The van der Waals surface area contributed by atoms with Gasteiger partial charge in [-0.1, -0.05) is 24.3 Å². The lowest BCUT2D eigenvalue weighted by atomic mass is 10.1. The molecule has 0 aliphatic carbocycles. The Balaban J connectivity index is 1.74. The Morgan fingerprint density at radius 3 is 1.76 bits per heavy atom. The van der Waals surface area contributed by atoms with Crippen molar-refractivity contribution in [2.24, 2.45) is 10.9 Å². The molecule has 2 amide bonds. The minimum atomic E-state index is -0.299. The summed E-state index contributed by atoms with van der Waals surface area (Å²) >= 11 is 0. The van der Waals surface area contributed by atoms with Crippen molar-refractivity contribution in [3.8, 4) is 5.75 Å². The fourth-order valence-electron chi connectivity index (χ4n) is 2.64. The predicted octanol–water partition coefficient (Wildman–Crippen LogP) is 3.49. The van der Waals surface area contributed by atoms with Gasteiger partial charge in [-0.2, -0.15) is 5.10 Å². The zero-order valence-corrected chi connectivity index (χ0v) is 15.8. The van der Waals surface area contributed by atoms with Crippen LogP contribution in [0.1, 0.15) is 26.3 Å². The van der Waals surface area contributed by atoms with Crippen molar-refractivity contribution in [1.29, 1.82) is 0 Å². The third kappa shape index (κ3) is 4.98. The van der Waals surface area contributed by atoms with Crippen molar-refractivity contribution in [1.82, 2.24) is 0 Å². The van der Waals surface area contributed by atoms with Gasteiger partial charge in [0.2, 0.25) is 0 Å². The summed E-state index contributed by atoms with van der Waals surface area (Å²) in [7, 11) is 1.56. The van der Waals surface area contributed by atoms with Gasteiger partial charge in [-0.25, -0.2) is 0 Å². The molecule has 0 unspecified atom stereocenters. The van der Waals surface area contributed by atoms with Crippen LogP contribution in [0.25, 0.3) is 0 Å². The number of benzene rings is 3. The van der Waals surface area contributed by atoms with Gasteiger partial charge in [0.1, 0.15) is 5.75 Å². The first-order valence-corrected chi connectivity index (χ1v) is 8.80. The summed E-state index contributed by atoms with van der Waals surface area (Å²) in [4.78, 5) is 25.1. The number of hydrazone groups is 1. The van der Waals surface area contributed by atoms with E-state index in [-0.39, 0.29) is 11.8 Å². The fraction of sp³-hybridized carbons (Fsp3) is 0.0455. The first kappa shape index (κ1) is 19.6. The van der Waals surface area contributed by atoms with Gasteiger partial charge in [-0.05, 0) is 54.1 Å². The van der Waals surface area contributed by atoms with E-state index in [2.05, 4.69) is 15.7 Å². The van der Waals surface area contributed by atoms with Gasteiger partial charge in [-0.3, -0.25) is 9.59 Å². The zero-order chi connectivity index (χ0) is 20.6. The average Bonchev–Trinajstić information content (AvgIpc) is 2.76. The Morgan fingerprint density at radius 1 is 0.828 bits per heavy atom. The van der Waals surface area contributed by atoms with Gasteiger partial charge in [0, 0.05) is 11.1 Å². The second kappa shape index (κ2) is 9.18. The van der Waals surface area contributed by atoms with Crippen molar-refractivity contribution in [2.75, 3.05) is 17.7 Å². The van der Waals surface area contributed by atoms with Gasteiger partial charge >= 0.3 is 0 Å². The third-order valence-corrected chi connectivity index (χ3v) is 4.17. The highest BCUT2D eigenvalue weighted by Gasteiger charge is 2.12. The van der Waals surface area contributed by atoms with Gasteiger partial charge in [0.25, 0.3) is 11.8 Å². The monoisotopic (exact) mass is 388 g/mol. The van der Waals surface area contributed by atoms with E-state index in [1.807, 2.05) is 0 Å². The highest BCUT2D eigenvalue weighted by Crippen LogP contribution is 2.23. The lowest BCUT2D eigenvalue weighted by Gasteiger charge is -2.12. The third-order valence-electron chi connectivity index (χ3n) is 4.17. The van der Waals surface area contributed by atoms with Crippen molar-refractivity contribution in [3.63, 3.8) is 0 Å². The Labute approximate surface area is 168 Å². The highest BCUT2D eigenvalue weighted by atomic mass is 16.5. The number of para-hydroxylation sites is 2. The van der Waals surface area contributed by atoms with Crippen LogP contribution >= 0.6 is 0 Å². The molecular formula is C22H20N4O3. The first-order chi connectivity index (χ1) is 14.1. The number of nitrogens with zero attached hydrogens (tertiary/aromatic N) is 1. The number of ether oxygens (including phenoxy) is 1. The first-order valence-electron chi connectivity index (χ1n) is 8.80. The molecule has 0 aliphatic rings. The second-order valence-corrected chi connectivity index (χ2v) is 6.08. The number of nitrogens with two attached hydrogens (primary N) is 1. The van der Waals surface area contributed by atoms with Crippen LogP contribution in [-0.2, 0) is 0 Å². The Kier molecular flexibility index (Phi) is 6.22. The quantitative estimate of drug-likeness (QED) is 0.341. The molecule has 0 spiro atoms. The highest BCUT2D eigenvalue weighted by molar-refractivity contribution is 6.10. The van der Waals surface area contributed by atoms with Crippen LogP contribution in [0.4, 0.5) is 11.4 Å². The maximum absolute atomic E-state index is 12.6. The van der Waals surface area contributed by atoms with E-state index in [1.54, 1.807) is 79.9 Å². The molecule has 0 radical (unpaired) electrons. The summed E-state index contributed by atoms with van der Waals surface area (Å²) in [5.74, 6) is 5.20. The lowest BCUT2D eigenvalue weighted by molar-refractivity contribution is 0.101. The van der Waals surface area contributed by atoms with Crippen LogP contribution in [-0.4, -0.2) is 25.1 Å². The van der Waals surface area contributed by atoms with Crippen molar-refractivity contribution >= 4 is 29.4 Å². The normalized spacial score (nSPS) is 10.5. The zero-order valence-electron chi connectivity index (χ0n) is 15.8. The van der Waals surface area contributed by atoms with Crippen molar-refractivity contribution < 1.29 is 14.3 Å². The molecule has 3 aromatic rings. The van der Waals surface area contributed by atoms with Crippen LogP contribution in [0.15, 0.2) is 77.9 Å². The van der Waals surface area contributed by atoms with Crippen LogP contribution in [0.3, 0.4) is 0 Å². The van der Waals surface area contributed by atoms with Gasteiger partial charge in [0.05, 0.1) is 24.7 Å². The number of hydrogen-bond acceptors (Lipinski definition) is 5.